The van der Waals surface area contributed by atoms with Crippen LogP contribution >= 0.6 is 0 Å². The van der Waals surface area contributed by atoms with Gasteiger partial charge in [0.1, 0.15) is 0 Å². The molecule has 0 unspecified atom stereocenters. The van der Waals surface area contributed by atoms with Gasteiger partial charge >= 0.3 is 0 Å². The third-order valence-electron chi connectivity index (χ3n) is 1.68. The van der Waals surface area contributed by atoms with Gasteiger partial charge in [-0.25, -0.2) is 4.98 Å². The van der Waals surface area contributed by atoms with Gasteiger partial charge in [-0.2, -0.15) is 0 Å². The summed E-state index contributed by atoms with van der Waals surface area (Å²) in [7, 11) is 1.61. The van der Waals surface area contributed by atoms with Crippen LogP contribution in [0.2, 0.25) is 0 Å². The minimum absolute atomic E-state index is 0.639. The van der Waals surface area contributed by atoms with Crippen molar-refractivity contribution in [3.8, 4) is 5.88 Å². The fourth-order valence-electron chi connectivity index (χ4n) is 0.978. The van der Waals surface area contributed by atoms with Crippen molar-refractivity contribution in [2.24, 2.45) is 0 Å². The van der Waals surface area contributed by atoms with Crippen molar-refractivity contribution in [3.63, 3.8) is 0 Å². The molecule has 0 aliphatic carbocycles. The van der Waals surface area contributed by atoms with E-state index in [0.717, 1.165) is 12.0 Å². The van der Waals surface area contributed by atoms with Crippen LogP contribution in [-0.2, 0) is 6.42 Å². The van der Waals surface area contributed by atoms with Gasteiger partial charge in [-0.3, -0.25) is 0 Å². The first-order valence-electron chi connectivity index (χ1n) is 3.70. The fourth-order valence-corrected chi connectivity index (χ4v) is 0.978. The smallest absolute Gasteiger partial charge is 0.213 e. The Morgan fingerprint density at radius 2 is 2.36 bits per heavy atom. The molecule has 0 atom stereocenters. The summed E-state index contributed by atoms with van der Waals surface area (Å²) in [6, 6.07) is 1.93. The molecule has 2 nitrogen and oxygen atoms in total. The molecule has 0 aromatic carbocycles. The quantitative estimate of drug-likeness (QED) is 0.641. The molecule has 0 saturated carbocycles. The van der Waals surface area contributed by atoms with E-state index in [2.05, 4.69) is 18.1 Å². The van der Waals surface area contributed by atoms with Crippen LogP contribution < -0.4 is 4.74 Å². The molecule has 1 rings (SSSR count). The summed E-state index contributed by atoms with van der Waals surface area (Å²) in [5.74, 6) is 0.639. The van der Waals surface area contributed by atoms with Gasteiger partial charge in [0.15, 0.2) is 0 Å². The zero-order valence-corrected chi connectivity index (χ0v) is 7.14. The number of hydrogen-bond donors (Lipinski definition) is 0. The van der Waals surface area contributed by atoms with Crippen LogP contribution in [0.15, 0.2) is 6.07 Å². The van der Waals surface area contributed by atoms with E-state index in [1.54, 1.807) is 7.11 Å². The predicted octanol–water partition coefficient (Wildman–Crippen LogP) is 1.76. The second kappa shape index (κ2) is 3.37. The van der Waals surface area contributed by atoms with E-state index >= 15 is 0 Å². The van der Waals surface area contributed by atoms with Gasteiger partial charge in [-0.05, 0) is 24.5 Å². The number of hydrogen-bond acceptors (Lipinski definition) is 2. The SMILES string of the molecule is CCc1[c]nc(OC)cc1C. The van der Waals surface area contributed by atoms with Crippen molar-refractivity contribution >= 4 is 0 Å². The van der Waals surface area contributed by atoms with Crippen molar-refractivity contribution < 1.29 is 4.74 Å². The lowest BCUT2D eigenvalue weighted by Crippen LogP contribution is -1.92. The number of nitrogens with zero attached hydrogens (tertiary/aromatic N) is 1. The monoisotopic (exact) mass is 150 g/mol. The standard InChI is InChI=1S/C9H12NO/c1-4-8-6-10-9(11-3)5-7(8)2/h5H,4H2,1-3H3. The minimum Gasteiger partial charge on any atom is -0.481 e. The van der Waals surface area contributed by atoms with Crippen LogP contribution in [0.1, 0.15) is 18.1 Å². The Kier molecular flexibility index (Phi) is 2.47. The molecule has 2 heteroatoms. The molecule has 0 bridgehead atoms. The molecule has 0 amide bonds. The van der Waals surface area contributed by atoms with Crippen molar-refractivity contribution in [1.82, 2.24) is 4.98 Å². The second-order valence-corrected chi connectivity index (χ2v) is 2.43. The zero-order chi connectivity index (χ0) is 8.27. The summed E-state index contributed by atoms with van der Waals surface area (Å²) < 4.78 is 4.95. The molecule has 0 fully saturated rings. The molecule has 1 aromatic heterocycles. The highest BCUT2D eigenvalue weighted by molar-refractivity contribution is 5.26. The van der Waals surface area contributed by atoms with Crippen molar-refractivity contribution in [2.45, 2.75) is 20.3 Å². The molecule has 0 saturated heterocycles. The number of pyridine rings is 1. The number of aromatic nitrogens is 1. The van der Waals surface area contributed by atoms with Gasteiger partial charge in [0, 0.05) is 6.07 Å². The Morgan fingerprint density at radius 1 is 1.64 bits per heavy atom. The summed E-state index contributed by atoms with van der Waals surface area (Å²) in [6.07, 6.45) is 3.91. The second-order valence-electron chi connectivity index (χ2n) is 2.43. The van der Waals surface area contributed by atoms with Crippen LogP contribution in [-0.4, -0.2) is 12.1 Å². The zero-order valence-electron chi connectivity index (χ0n) is 7.14. The third kappa shape index (κ3) is 1.70. The first-order chi connectivity index (χ1) is 5.27. The third-order valence-corrected chi connectivity index (χ3v) is 1.68. The normalized spacial score (nSPS) is 9.73. The molecule has 1 radical (unpaired) electrons. The number of ether oxygens (including phenoxy) is 1. The highest BCUT2D eigenvalue weighted by Crippen LogP contribution is 2.12. The molecule has 0 aliphatic heterocycles. The van der Waals surface area contributed by atoms with Crippen molar-refractivity contribution in [3.05, 3.63) is 23.4 Å². The summed E-state index contributed by atoms with van der Waals surface area (Å²) in [6.45, 7) is 4.13. The average Bonchev–Trinajstić information content (AvgIpc) is 2.04. The van der Waals surface area contributed by atoms with Gasteiger partial charge in [-0.1, -0.05) is 6.92 Å². The van der Waals surface area contributed by atoms with Crippen LogP contribution in [0, 0.1) is 13.1 Å². The summed E-state index contributed by atoms with van der Waals surface area (Å²) in [5.41, 5.74) is 2.35. The van der Waals surface area contributed by atoms with E-state index < -0.39 is 0 Å². The maximum absolute atomic E-state index is 4.95. The van der Waals surface area contributed by atoms with Crippen molar-refractivity contribution in [1.29, 1.82) is 0 Å². The Balaban J connectivity index is 2.99. The Hall–Kier alpha value is -1.05. The summed E-state index contributed by atoms with van der Waals surface area (Å²) in [5, 5.41) is 0. The maximum Gasteiger partial charge on any atom is 0.213 e. The van der Waals surface area contributed by atoms with E-state index in [-0.39, 0.29) is 0 Å². The molecular weight excluding hydrogens is 138 g/mol. The highest BCUT2D eigenvalue weighted by atomic mass is 16.5. The molecule has 1 aromatic rings. The molecule has 11 heavy (non-hydrogen) atoms. The van der Waals surface area contributed by atoms with Gasteiger partial charge in [0.25, 0.3) is 0 Å². The first kappa shape index (κ1) is 8.05. The Bertz CT molecular complexity index is 245. The van der Waals surface area contributed by atoms with E-state index in [9.17, 15) is 0 Å². The molecule has 1 heterocycles. The van der Waals surface area contributed by atoms with Gasteiger partial charge < -0.3 is 4.74 Å². The summed E-state index contributed by atoms with van der Waals surface area (Å²) in [4.78, 5) is 3.98. The Labute approximate surface area is 67.2 Å². The predicted molar refractivity (Wildman–Crippen MR) is 43.7 cm³/mol. The Morgan fingerprint density at radius 3 is 2.82 bits per heavy atom. The highest BCUT2D eigenvalue weighted by Gasteiger charge is 1.98. The molecule has 0 spiro atoms. The number of aryl methyl sites for hydroxylation is 2. The van der Waals surface area contributed by atoms with Crippen molar-refractivity contribution in [2.75, 3.05) is 7.11 Å². The molecular formula is C9H12NO. The summed E-state index contributed by atoms with van der Waals surface area (Å²) >= 11 is 0. The number of methoxy groups -OCH3 is 1. The lowest BCUT2D eigenvalue weighted by Gasteiger charge is -2.02. The van der Waals surface area contributed by atoms with Crippen LogP contribution in [0.3, 0.4) is 0 Å². The lowest BCUT2D eigenvalue weighted by molar-refractivity contribution is 0.397. The van der Waals surface area contributed by atoms with E-state index in [0.29, 0.717) is 5.88 Å². The molecule has 0 N–H and O–H groups in total. The lowest BCUT2D eigenvalue weighted by atomic mass is 10.1. The first-order valence-corrected chi connectivity index (χ1v) is 3.70. The van der Waals surface area contributed by atoms with Crippen LogP contribution in [0.4, 0.5) is 0 Å². The maximum atomic E-state index is 4.95. The topological polar surface area (TPSA) is 22.1 Å². The number of rotatable bonds is 2. The molecule has 59 valence electrons. The van der Waals surface area contributed by atoms with Gasteiger partial charge in [0.2, 0.25) is 5.88 Å². The van der Waals surface area contributed by atoms with Crippen LogP contribution in [0.25, 0.3) is 0 Å². The van der Waals surface area contributed by atoms with E-state index in [1.165, 1.54) is 5.56 Å². The van der Waals surface area contributed by atoms with Gasteiger partial charge in [-0.15, -0.1) is 0 Å². The van der Waals surface area contributed by atoms with Crippen LogP contribution in [0.5, 0.6) is 5.88 Å². The fraction of sp³-hybridized carbons (Fsp3) is 0.444. The van der Waals surface area contributed by atoms with E-state index in [1.807, 2.05) is 13.0 Å². The largest absolute Gasteiger partial charge is 0.481 e. The van der Waals surface area contributed by atoms with E-state index in [4.69, 9.17) is 4.74 Å². The minimum atomic E-state index is 0.639. The average molecular weight is 150 g/mol. The molecule has 0 aliphatic rings. The van der Waals surface area contributed by atoms with Gasteiger partial charge in [0.05, 0.1) is 13.3 Å².